The molecule has 0 aliphatic rings. The number of hydrazine groups is 1. The van der Waals surface area contributed by atoms with E-state index in [0.29, 0.717) is 0 Å². The van der Waals surface area contributed by atoms with Crippen molar-refractivity contribution in [2.75, 3.05) is 0 Å². The van der Waals surface area contributed by atoms with E-state index in [2.05, 4.69) is 10.5 Å². The van der Waals surface area contributed by atoms with Crippen molar-refractivity contribution in [1.82, 2.24) is 20.0 Å². The second kappa shape index (κ2) is 6.88. The van der Waals surface area contributed by atoms with Gasteiger partial charge in [0.1, 0.15) is 6.54 Å². The number of hydrogen-bond acceptors (Lipinski definition) is 4. The summed E-state index contributed by atoms with van der Waals surface area (Å²) in [7, 11) is -3.95. The van der Waals surface area contributed by atoms with E-state index < -0.39 is 15.9 Å². The van der Waals surface area contributed by atoms with E-state index in [4.69, 9.17) is 23.2 Å². The molecule has 7 nitrogen and oxygen atoms in total. The van der Waals surface area contributed by atoms with Gasteiger partial charge < -0.3 is 0 Å². The minimum Gasteiger partial charge on any atom is -0.276 e. The van der Waals surface area contributed by atoms with Gasteiger partial charge in [-0.15, -0.1) is 4.83 Å². The molecule has 0 aliphatic heterocycles. The molecule has 124 valence electrons. The zero-order valence-electron chi connectivity index (χ0n) is 12.3. The fourth-order valence-electron chi connectivity index (χ4n) is 1.84. The standard InChI is InChI=1S/C13H14Cl2N4O3S/c1-8-5-9(2)19(17-8)7-13(20)16-18-23(21,22)10-3-4-11(14)12(15)6-10/h3-6,18H,7H2,1-2H3,(H,16,20). The normalized spacial score (nSPS) is 11.5. The first-order valence-electron chi connectivity index (χ1n) is 6.46. The second-order valence-electron chi connectivity index (χ2n) is 4.81. The van der Waals surface area contributed by atoms with Gasteiger partial charge in [-0.2, -0.15) is 5.10 Å². The molecule has 1 heterocycles. The van der Waals surface area contributed by atoms with Gasteiger partial charge in [-0.25, -0.2) is 8.42 Å². The molecule has 1 amide bonds. The van der Waals surface area contributed by atoms with E-state index in [1.807, 2.05) is 10.9 Å². The zero-order chi connectivity index (χ0) is 17.2. The van der Waals surface area contributed by atoms with Crippen LogP contribution >= 0.6 is 23.2 Å². The number of nitrogens with one attached hydrogen (secondary N) is 2. The fraction of sp³-hybridized carbons (Fsp3) is 0.231. The van der Waals surface area contributed by atoms with Crippen LogP contribution in [0.2, 0.25) is 10.0 Å². The van der Waals surface area contributed by atoms with Crippen LogP contribution in [0.1, 0.15) is 11.4 Å². The Balaban J connectivity index is 2.02. The minimum atomic E-state index is -3.95. The van der Waals surface area contributed by atoms with E-state index in [0.717, 1.165) is 11.4 Å². The van der Waals surface area contributed by atoms with Crippen LogP contribution in [0.3, 0.4) is 0 Å². The lowest BCUT2D eigenvalue weighted by Gasteiger charge is -2.10. The summed E-state index contributed by atoms with van der Waals surface area (Å²) in [4.78, 5) is 13.7. The number of carbonyl (C=O) groups excluding carboxylic acids is 1. The maximum Gasteiger partial charge on any atom is 0.257 e. The maximum absolute atomic E-state index is 12.1. The highest BCUT2D eigenvalue weighted by Gasteiger charge is 2.17. The molecule has 1 aromatic heterocycles. The average molecular weight is 377 g/mol. The maximum atomic E-state index is 12.1. The minimum absolute atomic E-state index is 0.100. The fourth-order valence-corrected chi connectivity index (χ4v) is 3.09. The summed E-state index contributed by atoms with van der Waals surface area (Å²) in [5, 5.41) is 4.46. The van der Waals surface area contributed by atoms with E-state index >= 15 is 0 Å². The number of sulfonamides is 1. The topological polar surface area (TPSA) is 93.1 Å². The van der Waals surface area contributed by atoms with Crippen LogP contribution in [0.4, 0.5) is 0 Å². The molecule has 23 heavy (non-hydrogen) atoms. The molecule has 0 fully saturated rings. The van der Waals surface area contributed by atoms with Crippen molar-refractivity contribution >= 4 is 39.1 Å². The molecule has 2 N–H and O–H groups in total. The average Bonchev–Trinajstić information content (AvgIpc) is 2.77. The summed E-state index contributed by atoms with van der Waals surface area (Å²) >= 11 is 11.5. The first-order valence-corrected chi connectivity index (χ1v) is 8.70. The molecule has 0 aliphatic carbocycles. The molecule has 0 radical (unpaired) electrons. The van der Waals surface area contributed by atoms with Crippen LogP contribution in [0, 0.1) is 13.8 Å². The molecule has 0 spiro atoms. The van der Waals surface area contributed by atoms with E-state index in [-0.39, 0.29) is 21.5 Å². The predicted molar refractivity (Wildman–Crippen MR) is 86.6 cm³/mol. The van der Waals surface area contributed by atoms with E-state index in [1.54, 1.807) is 13.8 Å². The molecule has 0 saturated heterocycles. The molecular weight excluding hydrogens is 363 g/mol. The van der Waals surface area contributed by atoms with Crippen LogP contribution in [-0.2, 0) is 21.4 Å². The molecule has 0 bridgehead atoms. The van der Waals surface area contributed by atoms with Gasteiger partial charge in [-0.1, -0.05) is 23.2 Å². The van der Waals surface area contributed by atoms with Crippen molar-refractivity contribution in [1.29, 1.82) is 0 Å². The lowest BCUT2D eigenvalue weighted by molar-refractivity contribution is -0.122. The molecule has 2 aromatic rings. The highest BCUT2D eigenvalue weighted by atomic mass is 35.5. The predicted octanol–water partition coefficient (Wildman–Crippen LogP) is 1.82. The van der Waals surface area contributed by atoms with E-state index in [9.17, 15) is 13.2 Å². The van der Waals surface area contributed by atoms with Crippen molar-refractivity contribution in [3.63, 3.8) is 0 Å². The number of amides is 1. The van der Waals surface area contributed by atoms with Gasteiger partial charge in [-0.05, 0) is 38.1 Å². The molecule has 0 unspecified atom stereocenters. The smallest absolute Gasteiger partial charge is 0.257 e. The molecule has 1 aromatic carbocycles. The van der Waals surface area contributed by atoms with Crippen molar-refractivity contribution < 1.29 is 13.2 Å². The Kier molecular flexibility index (Phi) is 5.30. The Morgan fingerprint density at radius 1 is 1.22 bits per heavy atom. The summed E-state index contributed by atoms with van der Waals surface area (Å²) in [6, 6.07) is 5.65. The summed E-state index contributed by atoms with van der Waals surface area (Å²) in [6.07, 6.45) is 0. The summed E-state index contributed by atoms with van der Waals surface area (Å²) in [6.45, 7) is 3.49. The highest BCUT2D eigenvalue weighted by Crippen LogP contribution is 2.24. The number of benzene rings is 1. The summed E-state index contributed by atoms with van der Waals surface area (Å²) in [5.41, 5.74) is 3.69. The number of halogens is 2. The van der Waals surface area contributed by atoms with Crippen molar-refractivity contribution in [3.8, 4) is 0 Å². The number of rotatable bonds is 5. The molecule has 10 heteroatoms. The second-order valence-corrected chi connectivity index (χ2v) is 7.31. The monoisotopic (exact) mass is 376 g/mol. The number of aromatic nitrogens is 2. The lowest BCUT2D eigenvalue weighted by Crippen LogP contribution is -2.43. The SMILES string of the molecule is Cc1cc(C)n(CC(=O)NNS(=O)(=O)c2ccc(Cl)c(Cl)c2)n1. The molecule has 0 saturated carbocycles. The van der Waals surface area contributed by atoms with Crippen molar-refractivity contribution in [2.45, 2.75) is 25.3 Å². The van der Waals surface area contributed by atoms with Gasteiger partial charge in [0.25, 0.3) is 15.9 Å². The summed E-state index contributed by atoms with van der Waals surface area (Å²) in [5.74, 6) is -0.556. The largest absolute Gasteiger partial charge is 0.276 e. The van der Waals surface area contributed by atoms with Gasteiger partial charge in [-0.3, -0.25) is 14.9 Å². The first-order chi connectivity index (χ1) is 10.7. The Hall–Kier alpha value is -1.61. The molecule has 0 atom stereocenters. The van der Waals surface area contributed by atoms with Crippen LogP contribution < -0.4 is 10.3 Å². The number of carbonyl (C=O) groups is 1. The van der Waals surface area contributed by atoms with Gasteiger partial charge in [0.15, 0.2) is 0 Å². The van der Waals surface area contributed by atoms with Crippen LogP contribution in [0.15, 0.2) is 29.2 Å². The number of hydrogen-bond donors (Lipinski definition) is 2. The third-order valence-corrected chi connectivity index (χ3v) is 4.91. The molecular formula is C13H14Cl2N4O3S. The Labute approximate surface area is 143 Å². The summed E-state index contributed by atoms with van der Waals surface area (Å²) < 4.78 is 25.6. The first kappa shape index (κ1) is 17.7. The molecule has 2 rings (SSSR count). The van der Waals surface area contributed by atoms with Crippen LogP contribution in [0.5, 0.6) is 0 Å². The van der Waals surface area contributed by atoms with E-state index in [1.165, 1.54) is 22.9 Å². The van der Waals surface area contributed by atoms with Crippen LogP contribution in [0.25, 0.3) is 0 Å². The van der Waals surface area contributed by atoms with Crippen molar-refractivity contribution in [3.05, 3.63) is 45.7 Å². The Morgan fingerprint density at radius 2 is 1.91 bits per heavy atom. The van der Waals surface area contributed by atoms with Gasteiger partial charge in [0.05, 0.1) is 20.6 Å². The van der Waals surface area contributed by atoms with Crippen molar-refractivity contribution in [2.24, 2.45) is 0 Å². The third-order valence-electron chi connectivity index (χ3n) is 2.92. The zero-order valence-corrected chi connectivity index (χ0v) is 14.6. The number of nitrogens with zero attached hydrogens (tertiary/aromatic N) is 2. The Morgan fingerprint density at radius 3 is 2.48 bits per heavy atom. The lowest BCUT2D eigenvalue weighted by atomic mass is 10.4. The quantitative estimate of drug-likeness (QED) is 0.778. The highest BCUT2D eigenvalue weighted by molar-refractivity contribution is 7.89. The third kappa shape index (κ3) is 4.44. The number of aryl methyl sites for hydroxylation is 2. The van der Waals surface area contributed by atoms with Crippen LogP contribution in [-0.4, -0.2) is 24.1 Å². The van der Waals surface area contributed by atoms with Gasteiger partial charge >= 0.3 is 0 Å². The van der Waals surface area contributed by atoms with Gasteiger partial charge in [0.2, 0.25) is 0 Å². The Bertz CT molecular complexity index is 849. The van der Waals surface area contributed by atoms with Gasteiger partial charge in [0, 0.05) is 5.69 Å².